The van der Waals surface area contributed by atoms with Crippen LogP contribution in [0.3, 0.4) is 0 Å². The Labute approximate surface area is 135 Å². The van der Waals surface area contributed by atoms with Crippen LogP contribution in [-0.4, -0.2) is 52.4 Å². The van der Waals surface area contributed by atoms with Gasteiger partial charge in [0.25, 0.3) is 5.91 Å². The van der Waals surface area contributed by atoms with E-state index in [1.807, 2.05) is 11.9 Å². The van der Waals surface area contributed by atoms with E-state index in [0.717, 1.165) is 25.7 Å². The zero-order chi connectivity index (χ0) is 15.7. The summed E-state index contributed by atoms with van der Waals surface area (Å²) in [5.74, 6) is 0.0780. The van der Waals surface area contributed by atoms with Gasteiger partial charge in [-0.05, 0) is 18.9 Å². The second kappa shape index (κ2) is 6.60. The lowest BCUT2D eigenvalue weighted by atomic mass is 9.80. The fraction of sp³-hybridized carbons (Fsp3) is 0.688. The average Bonchev–Trinajstić information content (AvgIpc) is 2.86. The highest BCUT2D eigenvalue weighted by Crippen LogP contribution is 2.31. The second-order valence-electron chi connectivity index (χ2n) is 6.31. The van der Waals surface area contributed by atoms with Crippen molar-refractivity contribution in [2.45, 2.75) is 37.8 Å². The lowest BCUT2D eigenvalue weighted by Crippen LogP contribution is -2.55. The van der Waals surface area contributed by atoms with E-state index in [9.17, 15) is 9.90 Å². The number of amides is 1. The predicted molar refractivity (Wildman–Crippen MR) is 84.0 cm³/mol. The van der Waals surface area contributed by atoms with E-state index in [-0.39, 0.29) is 24.0 Å². The molecule has 1 amide bonds. The number of aromatic nitrogens is 1. The molecule has 0 unspecified atom stereocenters. The van der Waals surface area contributed by atoms with Gasteiger partial charge in [0.15, 0.2) is 0 Å². The van der Waals surface area contributed by atoms with Crippen LogP contribution in [0.25, 0.3) is 0 Å². The maximum Gasteiger partial charge on any atom is 0.270 e. The number of rotatable bonds is 2. The molecule has 2 fully saturated rings. The maximum atomic E-state index is 12.9. The number of halogens is 1. The van der Waals surface area contributed by atoms with Crippen LogP contribution in [0.15, 0.2) is 12.3 Å². The Bertz CT molecular complexity index is 545. The molecule has 1 N–H and O–H groups in total. The number of ether oxygens (including phenoxy) is 1. The SMILES string of the molecule is Cn1cc(Cl)cc1C(=O)N1CCOC[C@@H]1[C@H]1CCCC[C@@H]1O. The maximum absolute atomic E-state index is 12.9. The quantitative estimate of drug-likeness (QED) is 0.905. The topological polar surface area (TPSA) is 54.7 Å². The molecule has 5 nitrogen and oxygen atoms in total. The van der Waals surface area contributed by atoms with Gasteiger partial charge < -0.3 is 19.3 Å². The van der Waals surface area contributed by atoms with Crippen molar-refractivity contribution >= 4 is 17.5 Å². The number of aliphatic hydroxyl groups excluding tert-OH is 1. The molecule has 0 radical (unpaired) electrons. The third-order valence-electron chi connectivity index (χ3n) is 4.89. The number of morpholine rings is 1. The van der Waals surface area contributed by atoms with Crippen molar-refractivity contribution < 1.29 is 14.6 Å². The molecule has 6 heteroatoms. The van der Waals surface area contributed by atoms with Crippen LogP contribution in [0.4, 0.5) is 0 Å². The largest absolute Gasteiger partial charge is 0.393 e. The van der Waals surface area contributed by atoms with Gasteiger partial charge in [0.2, 0.25) is 0 Å². The van der Waals surface area contributed by atoms with E-state index >= 15 is 0 Å². The summed E-state index contributed by atoms with van der Waals surface area (Å²) in [6, 6.07) is 1.65. The van der Waals surface area contributed by atoms with Gasteiger partial charge in [0.1, 0.15) is 5.69 Å². The summed E-state index contributed by atoms with van der Waals surface area (Å²) in [7, 11) is 1.82. The first-order valence-electron chi connectivity index (χ1n) is 7.96. The molecule has 1 aromatic heterocycles. The molecule has 122 valence electrons. The number of nitrogens with zero attached hydrogens (tertiary/aromatic N) is 2. The minimum Gasteiger partial charge on any atom is -0.393 e. The highest BCUT2D eigenvalue weighted by Gasteiger charge is 2.39. The van der Waals surface area contributed by atoms with Gasteiger partial charge >= 0.3 is 0 Å². The molecule has 3 atom stereocenters. The lowest BCUT2D eigenvalue weighted by molar-refractivity contribution is -0.0565. The van der Waals surface area contributed by atoms with Gasteiger partial charge in [-0.15, -0.1) is 0 Å². The first-order valence-corrected chi connectivity index (χ1v) is 8.34. The molecule has 3 rings (SSSR count). The summed E-state index contributed by atoms with van der Waals surface area (Å²) in [5.41, 5.74) is 0.585. The van der Waals surface area contributed by atoms with Crippen molar-refractivity contribution in [3.63, 3.8) is 0 Å². The van der Waals surface area contributed by atoms with Crippen molar-refractivity contribution in [1.29, 1.82) is 0 Å². The molecule has 1 saturated carbocycles. The summed E-state index contributed by atoms with van der Waals surface area (Å²) >= 11 is 6.00. The molecular weight excluding hydrogens is 304 g/mol. The van der Waals surface area contributed by atoms with Gasteiger partial charge in [-0.1, -0.05) is 24.4 Å². The third-order valence-corrected chi connectivity index (χ3v) is 5.10. The molecule has 0 bridgehead atoms. The summed E-state index contributed by atoms with van der Waals surface area (Å²) in [4.78, 5) is 14.8. The molecular formula is C16H23ClN2O3. The van der Waals surface area contributed by atoms with Crippen LogP contribution < -0.4 is 0 Å². The van der Waals surface area contributed by atoms with Gasteiger partial charge in [0.05, 0.1) is 30.4 Å². The average molecular weight is 327 g/mol. The Kier molecular flexibility index (Phi) is 4.76. The Morgan fingerprint density at radius 2 is 2.18 bits per heavy atom. The first-order chi connectivity index (χ1) is 10.6. The molecule has 0 aromatic carbocycles. The van der Waals surface area contributed by atoms with Crippen molar-refractivity contribution in [3.8, 4) is 0 Å². The van der Waals surface area contributed by atoms with Crippen LogP contribution in [-0.2, 0) is 11.8 Å². The van der Waals surface area contributed by atoms with E-state index in [1.165, 1.54) is 0 Å². The van der Waals surface area contributed by atoms with Crippen LogP contribution in [0, 0.1) is 5.92 Å². The van der Waals surface area contributed by atoms with E-state index in [2.05, 4.69) is 0 Å². The number of carbonyl (C=O) groups excluding carboxylic acids is 1. The third kappa shape index (κ3) is 3.03. The van der Waals surface area contributed by atoms with Crippen LogP contribution in [0.2, 0.25) is 5.02 Å². The lowest BCUT2D eigenvalue weighted by Gasteiger charge is -2.43. The van der Waals surface area contributed by atoms with Gasteiger partial charge in [-0.2, -0.15) is 0 Å². The molecule has 2 aliphatic rings. The fourth-order valence-electron chi connectivity index (χ4n) is 3.70. The van der Waals surface area contributed by atoms with Crippen molar-refractivity contribution in [1.82, 2.24) is 9.47 Å². The summed E-state index contributed by atoms with van der Waals surface area (Å²) < 4.78 is 7.36. The molecule has 1 aliphatic heterocycles. The highest BCUT2D eigenvalue weighted by molar-refractivity contribution is 6.31. The molecule has 0 spiro atoms. The zero-order valence-corrected chi connectivity index (χ0v) is 13.6. The van der Waals surface area contributed by atoms with E-state index < -0.39 is 0 Å². The van der Waals surface area contributed by atoms with Gasteiger partial charge in [-0.3, -0.25) is 4.79 Å². The summed E-state index contributed by atoms with van der Waals surface area (Å²) in [6.07, 6.45) is 5.34. The molecule has 1 saturated heterocycles. The van der Waals surface area contributed by atoms with Crippen LogP contribution in [0.5, 0.6) is 0 Å². The Morgan fingerprint density at radius 3 is 2.86 bits per heavy atom. The Hall–Kier alpha value is -1.04. The molecule has 22 heavy (non-hydrogen) atoms. The molecule has 2 heterocycles. The van der Waals surface area contributed by atoms with E-state index in [1.54, 1.807) is 16.8 Å². The highest BCUT2D eigenvalue weighted by atomic mass is 35.5. The fourth-order valence-corrected chi connectivity index (χ4v) is 3.95. The number of aryl methyl sites for hydroxylation is 1. The van der Waals surface area contributed by atoms with E-state index in [4.69, 9.17) is 16.3 Å². The number of aliphatic hydroxyl groups is 1. The number of hydrogen-bond acceptors (Lipinski definition) is 3. The monoisotopic (exact) mass is 326 g/mol. The smallest absolute Gasteiger partial charge is 0.270 e. The van der Waals surface area contributed by atoms with Crippen molar-refractivity contribution in [3.05, 3.63) is 23.0 Å². The van der Waals surface area contributed by atoms with E-state index in [0.29, 0.717) is 30.5 Å². The Balaban J connectivity index is 1.83. The van der Waals surface area contributed by atoms with Crippen LogP contribution >= 0.6 is 11.6 Å². The second-order valence-corrected chi connectivity index (χ2v) is 6.75. The van der Waals surface area contributed by atoms with Gasteiger partial charge in [0, 0.05) is 25.7 Å². The van der Waals surface area contributed by atoms with Crippen LogP contribution in [0.1, 0.15) is 36.2 Å². The number of hydrogen-bond donors (Lipinski definition) is 1. The van der Waals surface area contributed by atoms with Crippen molar-refractivity contribution in [2.24, 2.45) is 13.0 Å². The zero-order valence-electron chi connectivity index (χ0n) is 12.9. The van der Waals surface area contributed by atoms with Crippen molar-refractivity contribution in [2.75, 3.05) is 19.8 Å². The minimum atomic E-state index is -0.340. The molecule has 1 aliphatic carbocycles. The minimum absolute atomic E-state index is 0.0273. The number of carbonyl (C=O) groups is 1. The summed E-state index contributed by atoms with van der Waals surface area (Å²) in [6.45, 7) is 1.62. The standard InChI is InChI=1S/C16H23ClN2O3/c1-18-9-11(17)8-13(18)16(21)19-6-7-22-10-14(19)12-4-2-3-5-15(12)20/h8-9,12,14-15,20H,2-7,10H2,1H3/t12-,14-,15+/m1/s1. The molecule has 1 aromatic rings. The Morgan fingerprint density at radius 1 is 1.41 bits per heavy atom. The summed E-state index contributed by atoms with van der Waals surface area (Å²) in [5, 5.41) is 10.9. The predicted octanol–water partition coefficient (Wildman–Crippen LogP) is 2.07. The normalized spacial score (nSPS) is 29.6. The van der Waals surface area contributed by atoms with Gasteiger partial charge in [-0.25, -0.2) is 0 Å². The first kappa shape index (κ1) is 15.8.